The van der Waals surface area contributed by atoms with Crippen molar-refractivity contribution in [1.29, 1.82) is 0 Å². The molecule has 0 spiro atoms. The number of hydrogen-bond acceptors (Lipinski definition) is 12. The molecule has 0 radical (unpaired) electrons. The van der Waals surface area contributed by atoms with Crippen molar-refractivity contribution in [1.82, 2.24) is 30.0 Å². The molecule has 1 amide bonds. The summed E-state index contributed by atoms with van der Waals surface area (Å²) in [5, 5.41) is 10.6. The van der Waals surface area contributed by atoms with E-state index < -0.39 is 35.5 Å². The Morgan fingerprint density at radius 3 is 2.55 bits per heavy atom. The molecule has 5 rings (SSSR count). The van der Waals surface area contributed by atoms with E-state index in [1.807, 2.05) is 0 Å². The summed E-state index contributed by atoms with van der Waals surface area (Å²) in [6.45, 7) is -0.595. The van der Waals surface area contributed by atoms with E-state index in [0.717, 1.165) is 18.6 Å². The fraction of sp³-hybridized carbons (Fsp3) is 0.294. The zero-order valence-electron chi connectivity index (χ0n) is 27.6. The number of rotatable bonds is 17. The second kappa shape index (κ2) is 17.2. The van der Waals surface area contributed by atoms with E-state index in [9.17, 15) is 14.0 Å². The third-order valence-electron chi connectivity index (χ3n) is 7.58. The first kappa shape index (κ1) is 36.5. The van der Waals surface area contributed by atoms with Crippen molar-refractivity contribution in [3.63, 3.8) is 0 Å². The van der Waals surface area contributed by atoms with Crippen molar-refractivity contribution in [3.05, 3.63) is 84.1 Å². The number of esters is 1. The highest BCUT2D eigenvalue weighted by Crippen LogP contribution is 2.32. The topological polar surface area (TPSA) is 194 Å². The molecule has 3 aromatic heterocycles. The van der Waals surface area contributed by atoms with Crippen LogP contribution in [0.2, 0.25) is 0 Å². The summed E-state index contributed by atoms with van der Waals surface area (Å²) in [6.07, 6.45) is 4.59. The molecule has 0 aliphatic carbocycles. The van der Waals surface area contributed by atoms with Gasteiger partial charge in [0, 0.05) is 41.0 Å². The third-order valence-corrected chi connectivity index (χ3v) is 7.58. The first-order valence-corrected chi connectivity index (χ1v) is 15.9. The third kappa shape index (κ3) is 9.46. The highest BCUT2D eigenvalue weighted by molar-refractivity contribution is 5.92. The average molecular weight is 708 g/mol. The van der Waals surface area contributed by atoms with Crippen LogP contribution in [-0.4, -0.2) is 76.1 Å². The van der Waals surface area contributed by atoms with Crippen LogP contribution in [0.4, 0.5) is 24.7 Å². The number of carbonyl (C=O) groups excluding carboxylic acids is 2. The van der Waals surface area contributed by atoms with Gasteiger partial charge in [0.1, 0.15) is 42.8 Å². The van der Waals surface area contributed by atoms with Gasteiger partial charge in [-0.15, -0.1) is 0 Å². The fourth-order valence-corrected chi connectivity index (χ4v) is 5.01. The quantitative estimate of drug-likeness (QED) is 0.0624. The Morgan fingerprint density at radius 2 is 1.80 bits per heavy atom. The number of halogens is 3. The van der Waals surface area contributed by atoms with Gasteiger partial charge in [0.05, 0.1) is 31.4 Å². The number of carbonyl (C=O) groups is 2. The van der Waals surface area contributed by atoms with Crippen LogP contribution in [0.5, 0.6) is 11.5 Å². The van der Waals surface area contributed by atoms with Crippen LogP contribution >= 0.6 is 0 Å². The number of hydrogen-bond donors (Lipinski definition) is 4. The molecule has 0 aliphatic heterocycles. The maximum Gasteiger partial charge on any atom is 0.325 e. The predicted molar refractivity (Wildman–Crippen MR) is 181 cm³/mol. The number of unbranched alkanes of at least 4 members (excludes halogenated alkanes) is 1. The minimum absolute atomic E-state index is 0.117. The molecule has 0 saturated heterocycles. The first-order valence-electron chi connectivity index (χ1n) is 15.9. The molecule has 17 heteroatoms. The summed E-state index contributed by atoms with van der Waals surface area (Å²) in [5.74, 6) is -3.09. The fourth-order valence-electron chi connectivity index (χ4n) is 5.01. The lowest BCUT2D eigenvalue weighted by atomic mass is 10.1. The second-order valence-corrected chi connectivity index (χ2v) is 11.2. The second-order valence-electron chi connectivity index (χ2n) is 11.2. The molecule has 3 heterocycles. The van der Waals surface area contributed by atoms with Crippen molar-refractivity contribution < 1.29 is 37.0 Å². The standard InChI is InChI=1S/C34H36F3N9O5/c1-49-28-17-41-33(44-32(28)43-20-9-11-40-29(37)14-20)31-22-6-2-3-8-27(22)46(45-31)19-23-24(35)15-21(16-25(23)36)50-12-13-51-30(47)18-42-34(48)26(39)7-4-5-10-38/h2-3,6,8-9,11,14-17,26H,4-5,7,10,12-13,18-19,38-39H2,1H3,(H,42,48)(H,40,41,43,44)/t26-/m1/s1. The molecule has 0 fully saturated rings. The summed E-state index contributed by atoms with van der Waals surface area (Å²) in [4.78, 5) is 36.4. The highest BCUT2D eigenvalue weighted by Gasteiger charge is 2.20. The minimum Gasteiger partial charge on any atom is -0.491 e. The largest absolute Gasteiger partial charge is 0.491 e. The Bertz CT molecular complexity index is 1970. The van der Waals surface area contributed by atoms with E-state index in [1.165, 1.54) is 30.3 Å². The zero-order chi connectivity index (χ0) is 36.3. The van der Waals surface area contributed by atoms with Crippen LogP contribution in [0.15, 0.2) is 60.9 Å². The molecular weight excluding hydrogens is 671 g/mol. The van der Waals surface area contributed by atoms with Gasteiger partial charge in [-0.2, -0.15) is 9.49 Å². The molecule has 0 saturated carbocycles. The molecule has 6 N–H and O–H groups in total. The first-order chi connectivity index (χ1) is 24.7. The van der Waals surface area contributed by atoms with Crippen molar-refractivity contribution >= 4 is 34.3 Å². The Labute approximate surface area is 290 Å². The van der Waals surface area contributed by atoms with Gasteiger partial charge in [-0.3, -0.25) is 14.3 Å². The van der Waals surface area contributed by atoms with Crippen molar-refractivity contribution in [2.75, 3.05) is 38.7 Å². The number of nitrogens with one attached hydrogen (secondary N) is 2. The van der Waals surface area contributed by atoms with Crippen LogP contribution in [0, 0.1) is 17.6 Å². The molecule has 51 heavy (non-hydrogen) atoms. The lowest BCUT2D eigenvalue weighted by Crippen LogP contribution is -2.43. The Balaban J connectivity index is 1.23. The van der Waals surface area contributed by atoms with Crippen LogP contribution in [-0.2, 0) is 20.9 Å². The van der Waals surface area contributed by atoms with Crippen molar-refractivity contribution in [3.8, 4) is 23.0 Å². The van der Waals surface area contributed by atoms with Gasteiger partial charge in [-0.05, 0) is 31.5 Å². The smallest absolute Gasteiger partial charge is 0.325 e. The summed E-state index contributed by atoms with van der Waals surface area (Å²) in [7, 11) is 1.43. The lowest BCUT2D eigenvalue weighted by molar-refractivity contribution is -0.144. The van der Waals surface area contributed by atoms with Gasteiger partial charge in [0.2, 0.25) is 11.9 Å². The number of nitrogens with two attached hydrogens (primary N) is 2. The van der Waals surface area contributed by atoms with Crippen LogP contribution in [0.25, 0.3) is 22.4 Å². The van der Waals surface area contributed by atoms with Crippen molar-refractivity contribution in [2.24, 2.45) is 11.5 Å². The Kier molecular flexibility index (Phi) is 12.3. The number of nitrogens with zero attached hydrogens (tertiary/aromatic N) is 5. The number of fused-ring (bicyclic) bond motifs is 1. The molecule has 14 nitrogen and oxygen atoms in total. The normalized spacial score (nSPS) is 11.6. The number of ether oxygens (including phenoxy) is 3. The van der Waals surface area contributed by atoms with Gasteiger partial charge in [-0.1, -0.05) is 24.6 Å². The molecule has 0 aliphatic rings. The maximum atomic E-state index is 15.3. The van der Waals surface area contributed by atoms with E-state index >= 15 is 8.78 Å². The molecule has 5 aromatic rings. The summed E-state index contributed by atoms with van der Waals surface area (Å²) < 4.78 is 61.5. The average Bonchev–Trinajstić information content (AvgIpc) is 3.49. The summed E-state index contributed by atoms with van der Waals surface area (Å²) >= 11 is 0. The maximum absolute atomic E-state index is 15.3. The van der Waals surface area contributed by atoms with Gasteiger partial charge in [-0.25, -0.2) is 23.7 Å². The minimum atomic E-state index is -0.884. The van der Waals surface area contributed by atoms with E-state index in [4.69, 9.17) is 25.7 Å². The van der Waals surface area contributed by atoms with E-state index in [2.05, 4.69) is 30.7 Å². The lowest BCUT2D eigenvalue weighted by Gasteiger charge is -2.12. The van der Waals surface area contributed by atoms with Gasteiger partial charge >= 0.3 is 5.97 Å². The summed E-state index contributed by atoms with van der Waals surface area (Å²) in [6, 6.07) is 11.1. The SMILES string of the molecule is COc1cnc(-c2nn(Cc3c(F)cc(OCCOC(=O)CNC(=O)[C@H](N)CCCCN)cc3F)c3ccccc23)nc1Nc1ccnc(F)c1. The highest BCUT2D eigenvalue weighted by atomic mass is 19.1. The van der Waals surface area contributed by atoms with Crippen LogP contribution < -0.4 is 31.6 Å². The van der Waals surface area contributed by atoms with Gasteiger partial charge < -0.3 is 36.3 Å². The van der Waals surface area contributed by atoms with Crippen LogP contribution in [0.3, 0.4) is 0 Å². The number of amides is 1. The van der Waals surface area contributed by atoms with Gasteiger partial charge in [0.25, 0.3) is 0 Å². The zero-order valence-corrected chi connectivity index (χ0v) is 27.6. The molecule has 1 atom stereocenters. The molecular formula is C34H36F3N9O5. The number of benzene rings is 2. The van der Waals surface area contributed by atoms with Crippen molar-refractivity contribution in [2.45, 2.75) is 31.8 Å². The number of aromatic nitrogens is 5. The number of methoxy groups -OCH3 is 1. The molecule has 0 unspecified atom stereocenters. The predicted octanol–water partition coefficient (Wildman–Crippen LogP) is 3.60. The van der Waals surface area contributed by atoms with E-state index in [-0.39, 0.29) is 55.0 Å². The number of pyridine rings is 1. The molecule has 268 valence electrons. The number of anilines is 2. The Morgan fingerprint density at radius 1 is 1.02 bits per heavy atom. The molecule has 2 aromatic carbocycles. The van der Waals surface area contributed by atoms with Crippen LogP contribution in [0.1, 0.15) is 24.8 Å². The number of para-hydroxylation sites is 1. The summed E-state index contributed by atoms with van der Waals surface area (Å²) in [5.41, 5.74) is 12.2. The van der Waals surface area contributed by atoms with E-state index in [0.29, 0.717) is 41.7 Å². The van der Waals surface area contributed by atoms with E-state index in [1.54, 1.807) is 30.3 Å². The molecule has 0 bridgehead atoms. The Hall–Kier alpha value is -5.81. The van der Waals surface area contributed by atoms with Gasteiger partial charge in [0.15, 0.2) is 17.4 Å². The monoisotopic (exact) mass is 707 g/mol.